The Hall–Kier alpha value is -3.60. The van der Waals surface area contributed by atoms with Crippen molar-refractivity contribution < 1.29 is 14.3 Å². The number of nitrogens with zero attached hydrogens (tertiary/aromatic N) is 1. The van der Waals surface area contributed by atoms with E-state index in [0.717, 1.165) is 16.8 Å². The van der Waals surface area contributed by atoms with Crippen molar-refractivity contribution in [3.63, 3.8) is 0 Å². The summed E-state index contributed by atoms with van der Waals surface area (Å²) in [6.45, 7) is 2.42. The Morgan fingerprint density at radius 2 is 1.79 bits per heavy atom. The molecule has 0 aromatic heterocycles. The summed E-state index contributed by atoms with van der Waals surface area (Å²) in [5.74, 6) is 0.235. The van der Waals surface area contributed by atoms with Gasteiger partial charge in [0.2, 0.25) is 0 Å². The molecule has 0 radical (unpaired) electrons. The number of anilines is 2. The van der Waals surface area contributed by atoms with Gasteiger partial charge >= 0.3 is 0 Å². The van der Waals surface area contributed by atoms with Gasteiger partial charge in [0, 0.05) is 11.3 Å². The molecular weight excluding hydrogens is 352 g/mol. The molecule has 0 bridgehead atoms. The zero-order valence-corrected chi connectivity index (χ0v) is 15.5. The highest BCUT2D eigenvalue weighted by molar-refractivity contribution is 6.06. The van der Waals surface area contributed by atoms with Crippen molar-refractivity contribution in [2.75, 3.05) is 16.8 Å². The molecule has 0 aliphatic carbocycles. The smallest absolute Gasteiger partial charge is 0.265 e. The molecule has 3 aromatic carbocycles. The van der Waals surface area contributed by atoms with Gasteiger partial charge in [-0.1, -0.05) is 48.0 Å². The van der Waals surface area contributed by atoms with Crippen LogP contribution in [-0.4, -0.2) is 18.4 Å². The van der Waals surface area contributed by atoms with Gasteiger partial charge in [0.15, 0.2) is 6.61 Å². The van der Waals surface area contributed by atoms with E-state index in [0.29, 0.717) is 23.5 Å². The summed E-state index contributed by atoms with van der Waals surface area (Å²) in [5.41, 5.74) is 3.94. The number of fused-ring (bicyclic) bond motifs is 1. The zero-order chi connectivity index (χ0) is 19.5. The Kier molecular flexibility index (Phi) is 4.81. The summed E-state index contributed by atoms with van der Waals surface area (Å²) in [6, 6.07) is 22.5. The van der Waals surface area contributed by atoms with Crippen LogP contribution in [-0.2, 0) is 11.3 Å². The second-order valence-corrected chi connectivity index (χ2v) is 6.76. The summed E-state index contributed by atoms with van der Waals surface area (Å²) in [6.07, 6.45) is 0. The molecule has 5 nitrogen and oxygen atoms in total. The summed E-state index contributed by atoms with van der Waals surface area (Å²) in [5, 5.41) is 2.88. The SMILES string of the molecule is Cc1ccc(NC(=O)c2ccc3c(c2)N(Cc2ccccc2)C(=O)CO3)cc1. The summed E-state index contributed by atoms with van der Waals surface area (Å²) in [4.78, 5) is 26.8. The molecule has 1 heterocycles. The number of carbonyl (C=O) groups excluding carboxylic acids is 2. The van der Waals surface area contributed by atoms with Crippen LogP contribution >= 0.6 is 0 Å². The average molecular weight is 372 g/mol. The molecule has 5 heteroatoms. The van der Waals surface area contributed by atoms with Crippen molar-refractivity contribution in [1.82, 2.24) is 0 Å². The van der Waals surface area contributed by atoms with Gasteiger partial charge in [-0.3, -0.25) is 9.59 Å². The number of hydrogen-bond donors (Lipinski definition) is 1. The number of hydrogen-bond acceptors (Lipinski definition) is 3. The number of nitrogens with one attached hydrogen (secondary N) is 1. The fraction of sp³-hybridized carbons (Fsp3) is 0.130. The van der Waals surface area contributed by atoms with Crippen LogP contribution in [0.5, 0.6) is 5.75 Å². The summed E-state index contributed by atoms with van der Waals surface area (Å²) >= 11 is 0. The third-order valence-electron chi connectivity index (χ3n) is 4.66. The average Bonchev–Trinajstić information content (AvgIpc) is 2.72. The first-order valence-electron chi connectivity index (χ1n) is 9.09. The third-order valence-corrected chi connectivity index (χ3v) is 4.66. The Morgan fingerprint density at radius 3 is 2.54 bits per heavy atom. The number of carbonyl (C=O) groups is 2. The number of ether oxygens (including phenoxy) is 1. The maximum absolute atomic E-state index is 12.7. The molecule has 1 aliphatic rings. The van der Waals surface area contributed by atoms with Crippen LogP contribution in [0.1, 0.15) is 21.5 Å². The molecule has 28 heavy (non-hydrogen) atoms. The van der Waals surface area contributed by atoms with E-state index in [1.807, 2.05) is 61.5 Å². The van der Waals surface area contributed by atoms with Crippen LogP contribution in [0.2, 0.25) is 0 Å². The Balaban J connectivity index is 1.61. The lowest BCUT2D eigenvalue weighted by molar-refractivity contribution is -0.121. The Morgan fingerprint density at radius 1 is 1.04 bits per heavy atom. The lowest BCUT2D eigenvalue weighted by atomic mass is 10.1. The van der Waals surface area contributed by atoms with E-state index in [4.69, 9.17) is 4.74 Å². The molecule has 0 atom stereocenters. The first-order chi connectivity index (χ1) is 13.6. The second-order valence-electron chi connectivity index (χ2n) is 6.76. The molecular formula is C23H20N2O3. The topological polar surface area (TPSA) is 58.6 Å². The van der Waals surface area contributed by atoms with E-state index in [-0.39, 0.29) is 18.4 Å². The molecule has 140 valence electrons. The van der Waals surface area contributed by atoms with Gasteiger partial charge in [0.1, 0.15) is 5.75 Å². The predicted molar refractivity (Wildman–Crippen MR) is 109 cm³/mol. The minimum absolute atomic E-state index is 0.00522. The first-order valence-corrected chi connectivity index (χ1v) is 9.09. The van der Waals surface area contributed by atoms with Gasteiger partial charge in [0.25, 0.3) is 11.8 Å². The minimum Gasteiger partial charge on any atom is -0.482 e. The summed E-state index contributed by atoms with van der Waals surface area (Å²) in [7, 11) is 0. The van der Waals surface area contributed by atoms with Crippen LogP contribution in [0.4, 0.5) is 11.4 Å². The van der Waals surface area contributed by atoms with E-state index >= 15 is 0 Å². The molecule has 1 aliphatic heterocycles. The van der Waals surface area contributed by atoms with E-state index < -0.39 is 0 Å². The van der Waals surface area contributed by atoms with Crippen molar-refractivity contribution in [3.8, 4) is 5.75 Å². The van der Waals surface area contributed by atoms with Crippen molar-refractivity contribution in [3.05, 3.63) is 89.5 Å². The van der Waals surface area contributed by atoms with Gasteiger partial charge in [-0.05, 0) is 42.8 Å². The predicted octanol–water partition coefficient (Wildman–Crippen LogP) is 4.17. The first kappa shape index (κ1) is 17.8. The fourth-order valence-corrected chi connectivity index (χ4v) is 3.12. The van der Waals surface area contributed by atoms with E-state index in [1.165, 1.54) is 0 Å². The molecule has 0 saturated carbocycles. The lowest BCUT2D eigenvalue weighted by Crippen LogP contribution is -2.38. The highest BCUT2D eigenvalue weighted by Crippen LogP contribution is 2.34. The maximum atomic E-state index is 12.7. The third kappa shape index (κ3) is 3.74. The normalized spacial score (nSPS) is 12.9. The lowest BCUT2D eigenvalue weighted by Gasteiger charge is -2.29. The monoisotopic (exact) mass is 372 g/mol. The van der Waals surface area contributed by atoms with Crippen LogP contribution < -0.4 is 15.0 Å². The van der Waals surface area contributed by atoms with Crippen molar-refractivity contribution in [2.24, 2.45) is 0 Å². The molecule has 0 unspecified atom stereocenters. The van der Waals surface area contributed by atoms with Crippen LogP contribution in [0, 0.1) is 6.92 Å². The molecule has 3 aromatic rings. The van der Waals surface area contributed by atoms with Gasteiger partial charge < -0.3 is 15.0 Å². The standard InChI is InChI=1S/C23H20N2O3/c1-16-7-10-19(11-8-16)24-23(27)18-9-12-21-20(13-18)25(22(26)15-28-21)14-17-5-3-2-4-6-17/h2-13H,14-15H2,1H3,(H,24,27). The second kappa shape index (κ2) is 7.56. The van der Waals surface area contributed by atoms with E-state index in [9.17, 15) is 9.59 Å². The maximum Gasteiger partial charge on any atom is 0.265 e. The number of aryl methyl sites for hydroxylation is 1. The van der Waals surface area contributed by atoms with E-state index in [2.05, 4.69) is 5.32 Å². The van der Waals surface area contributed by atoms with Gasteiger partial charge in [-0.25, -0.2) is 0 Å². The largest absolute Gasteiger partial charge is 0.482 e. The van der Waals surface area contributed by atoms with Crippen molar-refractivity contribution in [1.29, 1.82) is 0 Å². The molecule has 0 fully saturated rings. The van der Waals surface area contributed by atoms with E-state index in [1.54, 1.807) is 23.1 Å². The van der Waals surface area contributed by atoms with Crippen LogP contribution in [0.15, 0.2) is 72.8 Å². The molecule has 2 amide bonds. The highest BCUT2D eigenvalue weighted by atomic mass is 16.5. The van der Waals surface area contributed by atoms with Crippen LogP contribution in [0.3, 0.4) is 0 Å². The highest BCUT2D eigenvalue weighted by Gasteiger charge is 2.26. The molecule has 0 spiro atoms. The quantitative estimate of drug-likeness (QED) is 0.748. The zero-order valence-electron chi connectivity index (χ0n) is 15.5. The van der Waals surface area contributed by atoms with Crippen LogP contribution in [0.25, 0.3) is 0 Å². The molecule has 1 N–H and O–H groups in total. The molecule has 4 rings (SSSR count). The van der Waals surface area contributed by atoms with Gasteiger partial charge in [-0.2, -0.15) is 0 Å². The summed E-state index contributed by atoms with van der Waals surface area (Å²) < 4.78 is 5.55. The number of amides is 2. The van der Waals surface area contributed by atoms with Gasteiger partial charge in [0.05, 0.1) is 12.2 Å². The fourth-order valence-electron chi connectivity index (χ4n) is 3.12. The van der Waals surface area contributed by atoms with Crippen molar-refractivity contribution >= 4 is 23.2 Å². The molecule has 0 saturated heterocycles. The van der Waals surface area contributed by atoms with Gasteiger partial charge in [-0.15, -0.1) is 0 Å². The Bertz CT molecular complexity index is 1010. The number of benzene rings is 3. The Labute approximate surface area is 163 Å². The number of rotatable bonds is 4. The van der Waals surface area contributed by atoms with Crippen molar-refractivity contribution in [2.45, 2.75) is 13.5 Å². The minimum atomic E-state index is -0.232.